The van der Waals surface area contributed by atoms with Crippen molar-refractivity contribution in [2.75, 3.05) is 31.6 Å². The number of anilines is 1. The molecule has 10 heteroatoms. The molecule has 1 heterocycles. The number of ether oxygens (including phenoxy) is 1. The number of benzene rings is 1. The monoisotopic (exact) mass is 506 g/mol. The third-order valence-corrected chi connectivity index (χ3v) is 6.31. The summed E-state index contributed by atoms with van der Waals surface area (Å²) in [7, 11) is 0. The average Bonchev–Trinajstić information content (AvgIpc) is 2.83. The van der Waals surface area contributed by atoms with Crippen molar-refractivity contribution in [2.24, 2.45) is 5.16 Å². The Kier molecular flexibility index (Phi) is 9.92. The Bertz CT molecular complexity index is 915. The second kappa shape index (κ2) is 12.9. The van der Waals surface area contributed by atoms with Crippen molar-refractivity contribution >= 4 is 23.5 Å². The fourth-order valence-corrected chi connectivity index (χ4v) is 4.36. The number of urea groups is 1. The van der Waals surface area contributed by atoms with Crippen LogP contribution in [0.2, 0.25) is 0 Å². The summed E-state index contributed by atoms with van der Waals surface area (Å²) in [6, 6.07) is 4.36. The first-order valence-electron chi connectivity index (χ1n) is 12.8. The molecule has 0 radical (unpaired) electrons. The highest BCUT2D eigenvalue weighted by Crippen LogP contribution is 2.34. The van der Waals surface area contributed by atoms with Crippen LogP contribution in [0, 0.1) is 5.82 Å². The van der Waals surface area contributed by atoms with Crippen molar-refractivity contribution in [3.05, 3.63) is 29.6 Å². The fourth-order valence-electron chi connectivity index (χ4n) is 4.36. The third-order valence-electron chi connectivity index (χ3n) is 6.31. The lowest BCUT2D eigenvalue weighted by Crippen LogP contribution is -2.43. The minimum atomic E-state index is -0.505. The number of nitrogens with zero attached hydrogens (tertiary/aromatic N) is 2. The highest BCUT2D eigenvalue weighted by molar-refractivity contribution is 5.89. The topological polar surface area (TPSA) is 112 Å². The Balaban J connectivity index is 1.41. The molecule has 200 valence electrons. The Morgan fingerprint density at radius 3 is 2.47 bits per heavy atom. The summed E-state index contributed by atoms with van der Waals surface area (Å²) >= 11 is 0. The largest absolute Gasteiger partial charge is 0.444 e. The van der Waals surface area contributed by atoms with E-state index in [4.69, 9.17) is 14.7 Å². The Hall–Kier alpha value is -2.88. The third kappa shape index (κ3) is 8.65. The van der Waals surface area contributed by atoms with Crippen molar-refractivity contribution in [2.45, 2.75) is 83.3 Å². The van der Waals surface area contributed by atoms with E-state index in [1.54, 1.807) is 17.0 Å². The number of hydrogen-bond donors (Lipinski definition) is 3. The van der Waals surface area contributed by atoms with E-state index in [0.29, 0.717) is 50.1 Å². The molecule has 1 saturated carbocycles. The molecular formula is C26H39FN4O5. The molecule has 36 heavy (non-hydrogen) atoms. The summed E-state index contributed by atoms with van der Waals surface area (Å²) in [6.07, 6.45) is 4.63. The summed E-state index contributed by atoms with van der Waals surface area (Å²) in [5, 5.41) is 18.4. The van der Waals surface area contributed by atoms with Gasteiger partial charge in [-0.05, 0) is 76.5 Å². The van der Waals surface area contributed by atoms with Gasteiger partial charge in [0.25, 0.3) is 0 Å². The number of aliphatic hydroxyl groups is 1. The number of hydrogen-bond acceptors (Lipinski definition) is 6. The van der Waals surface area contributed by atoms with Crippen LogP contribution in [0.1, 0.15) is 77.2 Å². The van der Waals surface area contributed by atoms with E-state index in [9.17, 15) is 14.0 Å². The van der Waals surface area contributed by atoms with E-state index in [1.165, 1.54) is 6.07 Å². The number of aliphatic hydroxyl groups excluding tert-OH is 1. The van der Waals surface area contributed by atoms with E-state index in [2.05, 4.69) is 15.8 Å². The number of oxime groups is 1. The molecule has 1 aliphatic heterocycles. The van der Waals surface area contributed by atoms with E-state index in [0.717, 1.165) is 31.4 Å². The molecule has 0 unspecified atom stereocenters. The van der Waals surface area contributed by atoms with Crippen molar-refractivity contribution in [1.82, 2.24) is 10.2 Å². The Labute approximate surface area is 212 Å². The van der Waals surface area contributed by atoms with Gasteiger partial charge in [0.05, 0.1) is 5.71 Å². The van der Waals surface area contributed by atoms with Crippen molar-refractivity contribution in [1.29, 1.82) is 0 Å². The van der Waals surface area contributed by atoms with Gasteiger partial charge in [-0.25, -0.2) is 14.0 Å². The van der Waals surface area contributed by atoms with Crippen molar-refractivity contribution in [3.63, 3.8) is 0 Å². The van der Waals surface area contributed by atoms with E-state index >= 15 is 0 Å². The molecule has 0 bridgehead atoms. The highest BCUT2D eigenvalue weighted by Gasteiger charge is 2.28. The Morgan fingerprint density at radius 2 is 1.86 bits per heavy atom. The van der Waals surface area contributed by atoms with Gasteiger partial charge in [0.2, 0.25) is 0 Å². The van der Waals surface area contributed by atoms with Crippen LogP contribution in [-0.4, -0.2) is 65.8 Å². The van der Waals surface area contributed by atoms with Gasteiger partial charge < -0.3 is 30.2 Å². The highest BCUT2D eigenvalue weighted by atomic mass is 19.1. The van der Waals surface area contributed by atoms with Crippen LogP contribution in [0.15, 0.2) is 23.4 Å². The number of carbonyl (C=O) groups excluding carboxylic acids is 2. The van der Waals surface area contributed by atoms with E-state index < -0.39 is 11.6 Å². The van der Waals surface area contributed by atoms with Gasteiger partial charge in [-0.2, -0.15) is 0 Å². The zero-order valence-electron chi connectivity index (χ0n) is 21.5. The van der Waals surface area contributed by atoms with E-state index in [-0.39, 0.29) is 30.5 Å². The lowest BCUT2D eigenvalue weighted by molar-refractivity contribution is -0.0103. The number of rotatable bonds is 7. The lowest BCUT2D eigenvalue weighted by Gasteiger charge is -2.32. The van der Waals surface area contributed by atoms with Gasteiger partial charge in [-0.3, -0.25) is 0 Å². The fraction of sp³-hybridized carbons (Fsp3) is 0.654. The summed E-state index contributed by atoms with van der Waals surface area (Å²) in [5.74, 6) is -0.241. The quantitative estimate of drug-likeness (QED) is 0.365. The number of halogens is 1. The molecule has 2 aliphatic rings. The maximum atomic E-state index is 14.8. The predicted octanol–water partition coefficient (Wildman–Crippen LogP) is 4.76. The molecule has 1 aromatic carbocycles. The number of nitrogens with one attached hydrogen (secondary N) is 2. The molecule has 3 rings (SSSR count). The molecule has 3 amide bonds. The van der Waals surface area contributed by atoms with Gasteiger partial charge in [-0.15, -0.1) is 0 Å². The van der Waals surface area contributed by atoms with Crippen LogP contribution in [0.3, 0.4) is 0 Å². The molecule has 2 fully saturated rings. The van der Waals surface area contributed by atoms with Crippen LogP contribution in [0.25, 0.3) is 0 Å². The molecule has 1 saturated heterocycles. The van der Waals surface area contributed by atoms with Gasteiger partial charge >= 0.3 is 12.1 Å². The molecule has 9 nitrogen and oxygen atoms in total. The van der Waals surface area contributed by atoms with Gasteiger partial charge in [0.1, 0.15) is 17.5 Å². The predicted molar refractivity (Wildman–Crippen MR) is 136 cm³/mol. The second-order valence-electron chi connectivity index (χ2n) is 10.4. The summed E-state index contributed by atoms with van der Waals surface area (Å²) in [4.78, 5) is 31.5. The molecule has 1 aromatic rings. The standard InChI is InChI=1S/C26H39FN4O5/c1-26(2,3)35-25(34)31-14-11-21(12-15-31)36-30-19-7-5-18(6-8-19)22-10-9-20(17-23(22)27)29-24(33)28-13-4-16-32/h9-10,17-18,21,32H,4-8,11-16H2,1-3H3,(H2,28,29,33). The molecule has 0 aromatic heterocycles. The second-order valence-corrected chi connectivity index (χ2v) is 10.4. The summed E-state index contributed by atoms with van der Waals surface area (Å²) in [5.41, 5.74) is 1.52. The normalized spacial score (nSPS) is 19.0. The number of piperidine rings is 1. The minimum absolute atomic E-state index is 0.00128. The molecular weight excluding hydrogens is 467 g/mol. The zero-order valence-corrected chi connectivity index (χ0v) is 21.5. The van der Waals surface area contributed by atoms with Gasteiger partial charge in [-0.1, -0.05) is 11.2 Å². The molecule has 1 aliphatic carbocycles. The summed E-state index contributed by atoms with van der Waals surface area (Å²) in [6.45, 7) is 7.09. The first kappa shape index (κ1) is 27.7. The number of amides is 3. The van der Waals surface area contributed by atoms with Crippen molar-refractivity contribution < 1.29 is 28.7 Å². The Morgan fingerprint density at radius 1 is 1.17 bits per heavy atom. The van der Waals surface area contributed by atoms with Crippen molar-refractivity contribution in [3.8, 4) is 0 Å². The van der Waals surface area contributed by atoms with Gasteiger partial charge in [0.15, 0.2) is 0 Å². The molecule has 0 atom stereocenters. The molecule has 0 spiro atoms. The van der Waals surface area contributed by atoms with Crippen LogP contribution < -0.4 is 10.6 Å². The van der Waals surface area contributed by atoms with Crippen LogP contribution >= 0.6 is 0 Å². The lowest BCUT2D eigenvalue weighted by atomic mass is 9.83. The van der Waals surface area contributed by atoms with Crippen LogP contribution in [0.5, 0.6) is 0 Å². The maximum Gasteiger partial charge on any atom is 0.410 e. The van der Waals surface area contributed by atoms with Crippen LogP contribution in [0.4, 0.5) is 19.7 Å². The zero-order chi connectivity index (χ0) is 26.1. The molecule has 3 N–H and O–H groups in total. The minimum Gasteiger partial charge on any atom is -0.444 e. The smallest absolute Gasteiger partial charge is 0.410 e. The number of likely N-dealkylation sites (tertiary alicyclic amines) is 1. The SMILES string of the molecule is CC(C)(C)OC(=O)N1CCC(ON=C2CCC(c3ccc(NC(=O)NCCCO)cc3F)CC2)CC1. The van der Waals surface area contributed by atoms with Crippen LogP contribution in [-0.2, 0) is 9.57 Å². The first-order chi connectivity index (χ1) is 17.1. The van der Waals surface area contributed by atoms with E-state index in [1.807, 2.05) is 20.8 Å². The first-order valence-corrected chi connectivity index (χ1v) is 12.8. The van der Waals surface area contributed by atoms with Gasteiger partial charge in [0, 0.05) is 44.8 Å². The average molecular weight is 507 g/mol. The maximum absolute atomic E-state index is 14.8. The number of carbonyl (C=O) groups is 2. The summed E-state index contributed by atoms with van der Waals surface area (Å²) < 4.78 is 20.2.